The summed E-state index contributed by atoms with van der Waals surface area (Å²) in [6, 6.07) is 10.00. The van der Waals surface area contributed by atoms with Crippen LogP contribution in [0.15, 0.2) is 36.5 Å². The average molecular weight is 314 g/mol. The zero-order chi connectivity index (χ0) is 16.1. The van der Waals surface area contributed by atoms with Crippen LogP contribution in [-0.4, -0.2) is 34.3 Å². The third-order valence-corrected chi connectivity index (χ3v) is 4.08. The van der Waals surface area contributed by atoms with Gasteiger partial charge in [-0.3, -0.25) is 5.10 Å². The van der Waals surface area contributed by atoms with Crippen LogP contribution in [0.4, 0.5) is 4.79 Å². The second-order valence-electron chi connectivity index (χ2n) is 5.59. The number of carbonyl (C=O) groups is 1. The van der Waals surface area contributed by atoms with Gasteiger partial charge in [-0.2, -0.15) is 5.10 Å². The first-order valence-corrected chi connectivity index (χ1v) is 8.03. The van der Waals surface area contributed by atoms with Crippen molar-refractivity contribution in [3.63, 3.8) is 0 Å². The Bertz CT molecular complexity index is 625. The first kappa shape index (κ1) is 15.4. The number of ether oxygens (including phenoxy) is 1. The van der Waals surface area contributed by atoms with Crippen LogP contribution in [0.5, 0.6) is 5.75 Å². The van der Waals surface area contributed by atoms with Crippen molar-refractivity contribution in [3.05, 3.63) is 47.8 Å². The molecule has 0 unspecified atom stereocenters. The Labute approximate surface area is 135 Å². The van der Waals surface area contributed by atoms with Gasteiger partial charge in [0.15, 0.2) is 0 Å². The minimum Gasteiger partial charge on any atom is -0.494 e. The molecule has 1 aromatic carbocycles. The zero-order valence-corrected chi connectivity index (χ0v) is 13.3. The number of benzene rings is 1. The molecule has 0 aliphatic carbocycles. The van der Waals surface area contributed by atoms with Gasteiger partial charge in [-0.15, -0.1) is 0 Å². The van der Waals surface area contributed by atoms with E-state index in [0.29, 0.717) is 13.2 Å². The molecule has 122 valence electrons. The van der Waals surface area contributed by atoms with E-state index in [9.17, 15) is 4.79 Å². The van der Waals surface area contributed by atoms with Crippen molar-refractivity contribution < 1.29 is 9.53 Å². The van der Waals surface area contributed by atoms with E-state index in [1.807, 2.05) is 30.0 Å². The summed E-state index contributed by atoms with van der Waals surface area (Å²) < 4.78 is 5.48. The molecule has 2 amide bonds. The summed E-state index contributed by atoms with van der Waals surface area (Å²) in [6.45, 7) is 3.87. The van der Waals surface area contributed by atoms with Gasteiger partial charge in [0.2, 0.25) is 0 Å². The highest BCUT2D eigenvalue weighted by molar-refractivity contribution is 5.75. The third kappa shape index (κ3) is 3.64. The SMILES string of the molecule is CCOc1ccc([C@H]2CCCN2C(=O)NCc2ccn[nH]2)cc1. The number of amides is 2. The van der Waals surface area contributed by atoms with Gasteiger partial charge in [0.25, 0.3) is 0 Å². The number of hydrogen-bond donors (Lipinski definition) is 2. The predicted molar refractivity (Wildman–Crippen MR) is 87.1 cm³/mol. The predicted octanol–water partition coefficient (Wildman–Crippen LogP) is 2.86. The first-order valence-electron chi connectivity index (χ1n) is 8.03. The second-order valence-corrected chi connectivity index (χ2v) is 5.59. The summed E-state index contributed by atoms with van der Waals surface area (Å²) in [5.41, 5.74) is 2.05. The van der Waals surface area contributed by atoms with E-state index in [-0.39, 0.29) is 12.1 Å². The molecule has 0 bridgehead atoms. The number of aromatic amines is 1. The highest BCUT2D eigenvalue weighted by Gasteiger charge is 2.29. The highest BCUT2D eigenvalue weighted by atomic mass is 16.5. The number of rotatable bonds is 5. The van der Waals surface area contributed by atoms with Crippen molar-refractivity contribution in [2.75, 3.05) is 13.2 Å². The molecule has 2 heterocycles. The zero-order valence-electron chi connectivity index (χ0n) is 13.3. The Balaban J connectivity index is 1.63. The Morgan fingerprint density at radius 1 is 1.39 bits per heavy atom. The molecule has 0 spiro atoms. The van der Waals surface area contributed by atoms with Crippen LogP contribution in [0.1, 0.15) is 37.1 Å². The van der Waals surface area contributed by atoms with Crippen molar-refractivity contribution in [3.8, 4) is 5.75 Å². The molecule has 23 heavy (non-hydrogen) atoms. The normalized spacial score (nSPS) is 17.3. The number of hydrogen-bond acceptors (Lipinski definition) is 3. The number of likely N-dealkylation sites (tertiary alicyclic amines) is 1. The van der Waals surface area contributed by atoms with E-state index >= 15 is 0 Å². The first-order chi connectivity index (χ1) is 11.3. The van der Waals surface area contributed by atoms with Crippen molar-refractivity contribution in [2.45, 2.75) is 32.4 Å². The summed E-state index contributed by atoms with van der Waals surface area (Å²) in [5, 5.41) is 9.68. The van der Waals surface area contributed by atoms with Crippen LogP contribution in [0.2, 0.25) is 0 Å². The monoisotopic (exact) mass is 314 g/mol. The molecule has 1 aliphatic rings. The molecule has 0 saturated carbocycles. The van der Waals surface area contributed by atoms with E-state index < -0.39 is 0 Å². The van der Waals surface area contributed by atoms with Crippen LogP contribution in [0.25, 0.3) is 0 Å². The van der Waals surface area contributed by atoms with E-state index in [0.717, 1.165) is 36.4 Å². The number of nitrogens with one attached hydrogen (secondary N) is 2. The molecular weight excluding hydrogens is 292 g/mol. The van der Waals surface area contributed by atoms with E-state index in [4.69, 9.17) is 4.74 Å². The molecule has 1 aliphatic heterocycles. The summed E-state index contributed by atoms with van der Waals surface area (Å²) in [6.07, 6.45) is 3.70. The molecule has 1 saturated heterocycles. The van der Waals surface area contributed by atoms with Crippen LogP contribution in [0.3, 0.4) is 0 Å². The smallest absolute Gasteiger partial charge is 0.318 e. The summed E-state index contributed by atoms with van der Waals surface area (Å²) in [4.78, 5) is 14.4. The van der Waals surface area contributed by atoms with Crippen LogP contribution < -0.4 is 10.1 Å². The van der Waals surface area contributed by atoms with Gasteiger partial charge >= 0.3 is 6.03 Å². The highest BCUT2D eigenvalue weighted by Crippen LogP contribution is 2.32. The molecule has 6 heteroatoms. The van der Waals surface area contributed by atoms with Gasteiger partial charge in [-0.25, -0.2) is 4.79 Å². The fourth-order valence-corrected chi connectivity index (χ4v) is 2.96. The van der Waals surface area contributed by atoms with Crippen molar-refractivity contribution in [1.29, 1.82) is 0 Å². The van der Waals surface area contributed by atoms with Gasteiger partial charge in [0.05, 0.1) is 24.9 Å². The van der Waals surface area contributed by atoms with E-state index in [1.54, 1.807) is 6.20 Å². The quantitative estimate of drug-likeness (QED) is 0.891. The van der Waals surface area contributed by atoms with Gasteiger partial charge in [0, 0.05) is 12.7 Å². The molecule has 1 aromatic heterocycles. The summed E-state index contributed by atoms with van der Waals surface area (Å²) in [7, 11) is 0. The number of aromatic nitrogens is 2. The lowest BCUT2D eigenvalue weighted by atomic mass is 10.0. The topological polar surface area (TPSA) is 70.2 Å². The number of urea groups is 1. The lowest BCUT2D eigenvalue weighted by molar-refractivity contribution is 0.192. The minimum absolute atomic E-state index is 0.0315. The van der Waals surface area contributed by atoms with Crippen LogP contribution >= 0.6 is 0 Å². The summed E-state index contributed by atoms with van der Waals surface area (Å²) in [5.74, 6) is 0.865. The second kappa shape index (κ2) is 7.17. The minimum atomic E-state index is -0.0315. The molecule has 2 aromatic rings. The Hall–Kier alpha value is -2.50. The molecule has 6 nitrogen and oxygen atoms in total. The maximum atomic E-state index is 12.4. The lowest BCUT2D eigenvalue weighted by Gasteiger charge is -2.25. The third-order valence-electron chi connectivity index (χ3n) is 4.08. The number of H-pyrrole nitrogens is 1. The van der Waals surface area contributed by atoms with Gasteiger partial charge in [-0.05, 0) is 43.5 Å². The number of nitrogens with zero attached hydrogens (tertiary/aromatic N) is 2. The number of carbonyl (C=O) groups excluding carboxylic acids is 1. The summed E-state index contributed by atoms with van der Waals surface area (Å²) >= 11 is 0. The maximum absolute atomic E-state index is 12.4. The van der Waals surface area contributed by atoms with Gasteiger partial charge in [0.1, 0.15) is 5.75 Å². The van der Waals surface area contributed by atoms with E-state index in [1.165, 1.54) is 0 Å². The fourth-order valence-electron chi connectivity index (χ4n) is 2.96. The molecule has 3 rings (SSSR count). The molecule has 2 N–H and O–H groups in total. The maximum Gasteiger partial charge on any atom is 0.318 e. The van der Waals surface area contributed by atoms with Crippen LogP contribution in [-0.2, 0) is 6.54 Å². The van der Waals surface area contributed by atoms with Crippen molar-refractivity contribution in [1.82, 2.24) is 20.4 Å². The largest absolute Gasteiger partial charge is 0.494 e. The Morgan fingerprint density at radius 3 is 2.91 bits per heavy atom. The fraction of sp³-hybridized carbons (Fsp3) is 0.412. The average Bonchev–Trinajstić information content (AvgIpc) is 3.25. The lowest BCUT2D eigenvalue weighted by Crippen LogP contribution is -2.39. The van der Waals surface area contributed by atoms with Gasteiger partial charge < -0.3 is 15.0 Å². The molecule has 0 radical (unpaired) electrons. The van der Waals surface area contributed by atoms with Gasteiger partial charge in [-0.1, -0.05) is 12.1 Å². The van der Waals surface area contributed by atoms with Crippen molar-refractivity contribution >= 4 is 6.03 Å². The standard InChI is InChI=1S/C17H22N4O2/c1-2-23-15-7-5-13(6-8-15)16-4-3-11-21(16)17(22)18-12-14-9-10-19-20-14/h5-10,16H,2-4,11-12H2,1H3,(H,18,22)(H,19,20)/t16-/m1/s1. The Morgan fingerprint density at radius 2 is 2.22 bits per heavy atom. The molecule has 1 atom stereocenters. The van der Waals surface area contributed by atoms with E-state index in [2.05, 4.69) is 27.6 Å². The molecule has 1 fully saturated rings. The van der Waals surface area contributed by atoms with Crippen LogP contribution in [0, 0.1) is 0 Å². The Kier molecular flexibility index (Phi) is 4.80. The van der Waals surface area contributed by atoms with Crippen molar-refractivity contribution in [2.24, 2.45) is 0 Å². The molecular formula is C17H22N4O2.